The molecule has 0 bridgehead atoms. The van der Waals surface area contributed by atoms with Crippen molar-refractivity contribution in [3.63, 3.8) is 0 Å². The number of rotatable bonds is 20. The molecule has 98 heavy (non-hydrogen) atoms. The van der Waals surface area contributed by atoms with Gasteiger partial charge in [-0.2, -0.15) is 17.0 Å². The van der Waals surface area contributed by atoms with Gasteiger partial charge in [0.1, 0.15) is 60.1 Å². The van der Waals surface area contributed by atoms with Crippen LogP contribution in [0, 0.1) is 32.8 Å². The number of hydrogen-bond acceptors (Lipinski definition) is 21. The van der Waals surface area contributed by atoms with Gasteiger partial charge in [0.15, 0.2) is 17.8 Å². The molecule has 4 aromatic carbocycles. The SMILES string of the molecule is CC1=CC(C)(C)[N+](C)=c2cc3c(cc21)=C(c1ccccc1C=O)c1cc2c(cc1O3)C(C)C(C)(C)C=C2CS(=O)(=O)O.COc1cc([C@@H](OCc2cn([C@H]3CC(O)[C@@H](COP(=O)(O)OP(=O)(O)OP(=O)(O)O)O3)c3c2C(N)N=C(N)N3)C(C)(C)C)c([N+](=O)[O-])cc1C#CCCC(C)=O. The van der Waals surface area contributed by atoms with Gasteiger partial charge < -0.3 is 65.0 Å². The van der Waals surface area contributed by atoms with Gasteiger partial charge in [-0.15, -0.1) is 0 Å². The Morgan fingerprint density at radius 1 is 1.00 bits per heavy atom. The Kier molecular flexibility index (Phi) is 21.4. The largest absolute Gasteiger partial charge is 0.495 e. The minimum Gasteiger partial charge on any atom is -0.495 e. The minimum atomic E-state index is -5.78. The average Bonchev–Trinajstić information content (AvgIpc) is 0.871. The number of anilines is 1. The molecule has 1 aromatic heterocycles. The number of nitro benzene ring substituents is 1. The maximum absolute atomic E-state index is 12.4. The van der Waals surface area contributed by atoms with Crippen molar-refractivity contribution in [2.24, 2.45) is 27.3 Å². The normalized spacial score (nSPS) is 21.3. The van der Waals surface area contributed by atoms with Crippen molar-refractivity contribution in [2.75, 3.05) is 31.8 Å². The van der Waals surface area contributed by atoms with E-state index in [1.165, 1.54) is 30.7 Å². The van der Waals surface area contributed by atoms with Gasteiger partial charge in [0.2, 0.25) is 5.36 Å². The lowest BCUT2D eigenvalue weighted by Crippen LogP contribution is -2.47. The summed E-state index contributed by atoms with van der Waals surface area (Å²) >= 11 is 0. The maximum Gasteiger partial charge on any atom is 0.490 e. The van der Waals surface area contributed by atoms with Gasteiger partial charge in [0, 0.05) is 84.0 Å². The summed E-state index contributed by atoms with van der Waals surface area (Å²) in [5.74, 6) is 7.02. The molecule has 5 aromatic rings. The van der Waals surface area contributed by atoms with Crippen molar-refractivity contribution in [1.82, 2.24) is 9.14 Å². The van der Waals surface area contributed by atoms with Crippen LogP contribution in [0.1, 0.15) is 173 Å². The standard InChI is InChI=1S/C35H35NO5S.C30H43N6O17P3/c1-20-16-35(5,6)36(7)30-15-32-28(12-25(20)30)33(24-11-9-8-10-22(24)18-37)29-13-27-23(19-42(38,39)40)17-34(3,4)21(2)26(27)14-31(29)41-32;1-16(37)8-6-7-9-17-10-20(36(39)40)19(11-22(17)48-5)26(30(2,3)4)49-14-18-13-35(28-25(18)27(31)33-29(32)34-28)24-12-21(38)23(51-24)15-50-55(44,45)53-56(46,47)52-54(41,42)43/h8-18,21H,19H2,1-7H3;10-11,13,21,23-24,26-27,38H,6,8,12,14-15,31H2,1-5H3,(H,44,45)(H,46,47)(H3,32,33,34)(H2,41,42,43)/p+1/t;21?,23-,24-,26-,27?/m.1/s1. The molecule has 33 heteroatoms. The van der Waals surface area contributed by atoms with E-state index in [2.05, 4.69) is 107 Å². The molecule has 0 amide bonds. The summed E-state index contributed by atoms with van der Waals surface area (Å²) < 4.78 is 109. The molecule has 11 N–H and O–H groups in total. The number of ether oxygens (including phenoxy) is 4. The first-order chi connectivity index (χ1) is 45.4. The van der Waals surface area contributed by atoms with Gasteiger partial charge in [-0.25, -0.2) is 23.3 Å². The molecule has 5 unspecified atom stereocenters. The molecule has 0 saturated carbocycles. The fourth-order valence-corrected chi connectivity index (χ4v) is 16.2. The Labute approximate surface area is 565 Å². The van der Waals surface area contributed by atoms with Gasteiger partial charge in [-0.3, -0.25) is 28.8 Å². The number of phosphoric acid groups is 3. The molecule has 10 rings (SSSR count). The molecule has 1 fully saturated rings. The van der Waals surface area contributed by atoms with Crippen LogP contribution in [0.25, 0.3) is 16.7 Å². The molecule has 8 atom stereocenters. The molecule has 526 valence electrons. The van der Waals surface area contributed by atoms with E-state index < -0.39 is 87.0 Å². The van der Waals surface area contributed by atoms with Gasteiger partial charge in [-0.05, 0) is 88.8 Å². The summed E-state index contributed by atoms with van der Waals surface area (Å²) in [7, 11) is -17.7. The Hall–Kier alpha value is -7.36. The number of hydrogen-bond donors (Lipinski definition) is 9. The van der Waals surface area contributed by atoms with E-state index in [1.54, 1.807) is 12.3 Å². The summed E-state index contributed by atoms with van der Waals surface area (Å²) in [6.07, 6.45) is 1.26. The molecular weight excluding hydrogens is 1360 g/mol. The number of carbonyl (C=O) groups excluding carboxylic acids is 2. The molecule has 1 aliphatic carbocycles. The van der Waals surface area contributed by atoms with Crippen LogP contribution in [-0.4, -0.2) is 109 Å². The maximum atomic E-state index is 12.4. The second-order valence-corrected chi connectivity index (χ2v) is 32.5. The fourth-order valence-electron chi connectivity index (χ4n) is 12.6. The van der Waals surface area contributed by atoms with E-state index in [1.807, 2.05) is 57.2 Å². The zero-order chi connectivity index (χ0) is 72.3. The number of phosphoric ester groups is 1. The number of nitrogens with one attached hydrogen (secondary N) is 1. The Morgan fingerprint density at radius 3 is 2.33 bits per heavy atom. The smallest absolute Gasteiger partial charge is 0.490 e. The molecule has 5 heterocycles. The number of fused-ring (bicyclic) bond motifs is 5. The van der Waals surface area contributed by atoms with E-state index in [-0.39, 0.29) is 82.9 Å². The third-order valence-electron chi connectivity index (χ3n) is 17.6. The highest BCUT2D eigenvalue weighted by atomic mass is 32.2. The molecule has 1 saturated heterocycles. The Morgan fingerprint density at radius 2 is 1.69 bits per heavy atom. The number of nitro groups is 1. The number of aliphatic hydroxyl groups excluding tert-OH is 1. The number of nitrogens with zero attached hydrogens (tertiary/aromatic N) is 4. The summed E-state index contributed by atoms with van der Waals surface area (Å²) in [4.78, 5) is 76.4. The number of allylic oxidation sites excluding steroid dienone is 2. The van der Waals surface area contributed by atoms with Crippen LogP contribution in [0.15, 0.2) is 84.0 Å². The van der Waals surface area contributed by atoms with E-state index >= 15 is 0 Å². The Balaban J connectivity index is 0.000000238. The van der Waals surface area contributed by atoms with Crippen molar-refractivity contribution in [3.05, 3.63) is 155 Å². The van der Waals surface area contributed by atoms with Gasteiger partial charge in [0.05, 0.1) is 54.6 Å². The summed E-state index contributed by atoms with van der Waals surface area (Å²) in [5.41, 5.74) is 19.5. The van der Waals surface area contributed by atoms with Crippen LogP contribution in [0.2, 0.25) is 0 Å². The number of aldehydes is 1. The lowest BCUT2D eigenvalue weighted by molar-refractivity contribution is -0.386. The molecule has 29 nitrogen and oxygen atoms in total. The highest BCUT2D eigenvalue weighted by Gasteiger charge is 2.45. The van der Waals surface area contributed by atoms with Crippen molar-refractivity contribution >= 4 is 79.8 Å². The summed E-state index contributed by atoms with van der Waals surface area (Å²) in [6.45, 7) is 18.5. The second kappa shape index (κ2) is 28.0. The van der Waals surface area contributed by atoms with Crippen LogP contribution in [0.3, 0.4) is 0 Å². The molecule has 0 spiro atoms. The van der Waals surface area contributed by atoms with E-state index in [9.17, 15) is 61.3 Å². The fraction of sp³-hybridized carbons (Fsp3) is 0.415. The number of carbonyl (C=O) groups is 2. The third-order valence-corrected chi connectivity index (χ3v) is 22.0. The van der Waals surface area contributed by atoms with Gasteiger partial charge >= 0.3 is 23.5 Å². The minimum absolute atomic E-state index is 0.0494. The van der Waals surface area contributed by atoms with Crippen LogP contribution in [0.4, 0.5) is 11.5 Å². The topological polar surface area (TPSA) is 433 Å². The van der Waals surface area contributed by atoms with Gasteiger partial charge in [-0.1, -0.05) is 83.7 Å². The number of aliphatic hydroxyl groups is 1. The highest BCUT2D eigenvalue weighted by Crippen LogP contribution is 2.66. The number of ketones is 1. The first-order valence-electron chi connectivity index (χ1n) is 30.7. The van der Waals surface area contributed by atoms with E-state index in [0.717, 1.165) is 55.8 Å². The second-order valence-electron chi connectivity index (χ2n) is 26.6. The number of aliphatic imine (C=N–C) groups is 1. The molecule has 0 radical (unpaired) electrons. The van der Waals surface area contributed by atoms with Crippen LogP contribution < -0.4 is 41.4 Å². The van der Waals surface area contributed by atoms with Crippen LogP contribution >= 0.6 is 23.5 Å². The van der Waals surface area contributed by atoms with Crippen molar-refractivity contribution in [2.45, 2.75) is 137 Å². The monoisotopic (exact) mass is 1430 g/mol. The van der Waals surface area contributed by atoms with Crippen molar-refractivity contribution < 1.29 is 98.0 Å². The number of guanidine groups is 1. The zero-order valence-electron chi connectivity index (χ0n) is 55.7. The highest BCUT2D eigenvalue weighted by molar-refractivity contribution is 7.86. The number of methoxy groups -OCH3 is 1. The number of aromatic nitrogens is 1. The Bertz CT molecular complexity index is 4670. The number of Topliss-reactive ketones (excluding diaryl/α,β-unsaturated/α-hetero) is 1. The van der Waals surface area contributed by atoms with E-state index in [0.29, 0.717) is 33.8 Å². The zero-order valence-corrected chi connectivity index (χ0v) is 59.2. The van der Waals surface area contributed by atoms with Crippen LogP contribution in [-0.2, 0) is 57.8 Å². The summed E-state index contributed by atoms with van der Waals surface area (Å²) in [6, 6.07) is 18.5. The third kappa shape index (κ3) is 16.6. The van der Waals surface area contributed by atoms with Crippen molar-refractivity contribution in [1.29, 1.82) is 0 Å². The first-order valence-corrected chi connectivity index (χ1v) is 36.8. The first kappa shape index (κ1) is 74.9. The van der Waals surface area contributed by atoms with Crippen molar-refractivity contribution in [3.8, 4) is 29.1 Å². The quantitative estimate of drug-likeness (QED) is 0.00656. The predicted molar refractivity (Wildman–Crippen MR) is 362 cm³/mol. The lowest BCUT2D eigenvalue weighted by atomic mass is 9.68. The molecule has 5 aliphatic rings. The number of nitrogens with two attached hydrogens (primary N) is 2. The lowest BCUT2D eigenvalue weighted by Gasteiger charge is -2.37. The number of likely N-dealkylation sites (N-methyl/N-ethyl adjacent to an activating group) is 1. The predicted octanol–water partition coefficient (Wildman–Crippen LogP) is 8.70. The van der Waals surface area contributed by atoms with Gasteiger partial charge in [0.25, 0.3) is 15.8 Å². The molecule has 4 aliphatic heterocycles. The summed E-state index contributed by atoms with van der Waals surface area (Å²) in [5, 5.41) is 28.0. The number of benzene rings is 4. The van der Waals surface area contributed by atoms with E-state index in [4.69, 9.17) is 40.2 Å². The average molecular weight is 1440 g/mol. The molecular formula is C65H79N7O22P3S+. The van der Waals surface area contributed by atoms with Crippen LogP contribution in [0.5, 0.6) is 17.2 Å².